The van der Waals surface area contributed by atoms with Crippen LogP contribution in [0, 0.1) is 6.92 Å². The summed E-state index contributed by atoms with van der Waals surface area (Å²) in [6.45, 7) is 10.3. The third-order valence-corrected chi connectivity index (χ3v) is 3.42. The minimum atomic E-state index is 0.605. The third-order valence-electron chi connectivity index (χ3n) is 3.42. The Morgan fingerprint density at radius 1 is 1.15 bits per heavy atom. The summed E-state index contributed by atoms with van der Waals surface area (Å²) in [6, 6.07) is 2.68. The van der Waals surface area contributed by atoms with Crippen molar-refractivity contribution in [3.05, 3.63) is 23.5 Å². The molecule has 114 valence electrons. The Hall–Kier alpha value is -1.09. The Kier molecular flexibility index (Phi) is 8.28. The van der Waals surface area contributed by atoms with Gasteiger partial charge in [0.25, 0.3) is 0 Å². The molecule has 0 fully saturated rings. The van der Waals surface area contributed by atoms with Gasteiger partial charge in [0.2, 0.25) is 0 Å². The summed E-state index contributed by atoms with van der Waals surface area (Å²) in [6.07, 6.45) is 7.87. The molecule has 0 bridgehead atoms. The maximum Gasteiger partial charge on any atom is 0.125 e. The molecule has 0 unspecified atom stereocenters. The summed E-state index contributed by atoms with van der Waals surface area (Å²) in [5.74, 6) is 0.973. The normalized spacial score (nSPS) is 11.1. The largest absolute Gasteiger partial charge is 0.493 e. The monoisotopic (exact) mass is 278 g/mol. The van der Waals surface area contributed by atoms with E-state index < -0.39 is 0 Å². The van der Waals surface area contributed by atoms with Gasteiger partial charge in [0.05, 0.1) is 12.3 Å². The Labute approximate surface area is 124 Å². The van der Waals surface area contributed by atoms with E-state index in [-0.39, 0.29) is 0 Å². The van der Waals surface area contributed by atoms with Crippen LogP contribution in [0.3, 0.4) is 0 Å². The van der Waals surface area contributed by atoms with Crippen LogP contribution in [0.25, 0.3) is 0 Å². The number of hydrogen-bond donors (Lipinski definition) is 1. The average Bonchev–Trinajstić information content (AvgIpc) is 2.45. The lowest BCUT2D eigenvalue weighted by Gasteiger charge is -2.17. The molecule has 0 saturated heterocycles. The highest BCUT2D eigenvalue weighted by molar-refractivity contribution is 5.31. The standard InChI is InChI=1S/C17H30N2O/c1-5-8-15(9-6-2)19-13-16-11-17(20-10-7-3)14(4)12-18-16/h11-12,15,19H,5-10,13H2,1-4H3. The smallest absolute Gasteiger partial charge is 0.125 e. The predicted octanol–water partition coefficient (Wildman–Crippen LogP) is 4.24. The van der Waals surface area contributed by atoms with Crippen LogP contribution >= 0.6 is 0 Å². The van der Waals surface area contributed by atoms with Gasteiger partial charge in [-0.15, -0.1) is 0 Å². The molecule has 0 aromatic carbocycles. The van der Waals surface area contributed by atoms with Crippen molar-refractivity contribution in [2.24, 2.45) is 0 Å². The van der Waals surface area contributed by atoms with Gasteiger partial charge >= 0.3 is 0 Å². The van der Waals surface area contributed by atoms with Gasteiger partial charge in [0.15, 0.2) is 0 Å². The van der Waals surface area contributed by atoms with E-state index in [9.17, 15) is 0 Å². The maximum absolute atomic E-state index is 5.76. The van der Waals surface area contributed by atoms with E-state index in [1.54, 1.807) is 0 Å². The Morgan fingerprint density at radius 2 is 1.85 bits per heavy atom. The summed E-state index contributed by atoms with van der Waals surface area (Å²) >= 11 is 0. The fraction of sp³-hybridized carbons (Fsp3) is 0.706. The minimum absolute atomic E-state index is 0.605. The van der Waals surface area contributed by atoms with Gasteiger partial charge in [-0.2, -0.15) is 0 Å². The van der Waals surface area contributed by atoms with Gasteiger partial charge in [-0.05, 0) is 26.2 Å². The topological polar surface area (TPSA) is 34.1 Å². The molecule has 1 aromatic rings. The molecular weight excluding hydrogens is 248 g/mol. The fourth-order valence-electron chi connectivity index (χ4n) is 2.30. The number of pyridine rings is 1. The summed E-state index contributed by atoms with van der Waals surface area (Å²) in [7, 11) is 0. The Balaban J connectivity index is 2.57. The molecule has 0 amide bonds. The number of rotatable bonds is 10. The number of ether oxygens (including phenoxy) is 1. The molecule has 0 spiro atoms. The fourth-order valence-corrected chi connectivity index (χ4v) is 2.30. The molecule has 1 N–H and O–H groups in total. The number of aromatic nitrogens is 1. The van der Waals surface area contributed by atoms with E-state index in [1.165, 1.54) is 25.7 Å². The molecule has 20 heavy (non-hydrogen) atoms. The lowest BCUT2D eigenvalue weighted by atomic mass is 10.1. The van der Waals surface area contributed by atoms with Crippen molar-refractivity contribution < 1.29 is 4.74 Å². The minimum Gasteiger partial charge on any atom is -0.493 e. The lowest BCUT2D eigenvalue weighted by Crippen LogP contribution is -2.28. The van der Waals surface area contributed by atoms with E-state index in [2.05, 4.69) is 37.1 Å². The zero-order valence-corrected chi connectivity index (χ0v) is 13.5. The Morgan fingerprint density at radius 3 is 2.45 bits per heavy atom. The number of hydrogen-bond acceptors (Lipinski definition) is 3. The molecule has 0 saturated carbocycles. The number of aryl methyl sites for hydroxylation is 1. The predicted molar refractivity (Wildman–Crippen MR) is 85.2 cm³/mol. The molecule has 1 aromatic heterocycles. The highest BCUT2D eigenvalue weighted by atomic mass is 16.5. The van der Waals surface area contributed by atoms with Crippen LogP contribution in [0.2, 0.25) is 0 Å². The number of nitrogens with one attached hydrogen (secondary N) is 1. The average molecular weight is 278 g/mol. The molecule has 3 heteroatoms. The molecule has 0 aliphatic heterocycles. The highest BCUT2D eigenvalue weighted by Crippen LogP contribution is 2.18. The van der Waals surface area contributed by atoms with E-state index in [0.717, 1.165) is 36.6 Å². The molecule has 3 nitrogen and oxygen atoms in total. The maximum atomic E-state index is 5.76. The van der Waals surface area contributed by atoms with Crippen molar-refractivity contribution in [3.63, 3.8) is 0 Å². The van der Waals surface area contributed by atoms with Crippen LogP contribution in [0.15, 0.2) is 12.3 Å². The summed E-state index contributed by atoms with van der Waals surface area (Å²) in [5, 5.41) is 3.62. The van der Waals surface area contributed by atoms with Crippen LogP contribution in [0.4, 0.5) is 0 Å². The van der Waals surface area contributed by atoms with Gasteiger partial charge in [-0.1, -0.05) is 33.6 Å². The molecule has 0 aliphatic rings. The van der Waals surface area contributed by atoms with Crippen LogP contribution in [-0.2, 0) is 6.54 Å². The first-order valence-corrected chi connectivity index (χ1v) is 8.02. The van der Waals surface area contributed by atoms with Gasteiger partial charge in [0.1, 0.15) is 5.75 Å². The number of nitrogens with zero attached hydrogens (tertiary/aromatic N) is 1. The first-order valence-electron chi connectivity index (χ1n) is 8.02. The molecule has 1 rings (SSSR count). The lowest BCUT2D eigenvalue weighted by molar-refractivity contribution is 0.314. The van der Waals surface area contributed by atoms with Crippen molar-refractivity contribution in [2.75, 3.05) is 6.61 Å². The highest BCUT2D eigenvalue weighted by Gasteiger charge is 2.08. The van der Waals surface area contributed by atoms with Crippen LogP contribution in [0.1, 0.15) is 64.1 Å². The molecule has 0 aliphatic carbocycles. The second-order valence-electron chi connectivity index (χ2n) is 5.44. The summed E-state index contributed by atoms with van der Waals surface area (Å²) < 4.78 is 5.76. The van der Waals surface area contributed by atoms with E-state index in [1.807, 2.05) is 13.1 Å². The van der Waals surface area contributed by atoms with Gasteiger partial charge in [-0.25, -0.2) is 0 Å². The van der Waals surface area contributed by atoms with Gasteiger partial charge in [0, 0.05) is 30.4 Å². The molecule has 1 heterocycles. The van der Waals surface area contributed by atoms with Crippen molar-refractivity contribution in [3.8, 4) is 5.75 Å². The molecular formula is C17H30N2O. The van der Waals surface area contributed by atoms with Gasteiger partial charge < -0.3 is 10.1 Å². The zero-order valence-electron chi connectivity index (χ0n) is 13.5. The quantitative estimate of drug-likeness (QED) is 0.695. The molecule has 0 atom stereocenters. The van der Waals surface area contributed by atoms with Crippen LogP contribution < -0.4 is 10.1 Å². The van der Waals surface area contributed by atoms with Crippen molar-refractivity contribution in [2.45, 2.75) is 72.4 Å². The summed E-state index contributed by atoms with van der Waals surface area (Å²) in [5.41, 5.74) is 2.18. The van der Waals surface area contributed by atoms with E-state index in [4.69, 9.17) is 4.74 Å². The van der Waals surface area contributed by atoms with E-state index >= 15 is 0 Å². The summed E-state index contributed by atoms with van der Waals surface area (Å²) in [4.78, 5) is 4.50. The van der Waals surface area contributed by atoms with E-state index in [0.29, 0.717) is 6.04 Å². The van der Waals surface area contributed by atoms with Crippen molar-refractivity contribution in [1.82, 2.24) is 10.3 Å². The second kappa shape index (κ2) is 9.76. The first kappa shape index (κ1) is 17.0. The SMILES string of the molecule is CCCOc1cc(CNC(CCC)CCC)ncc1C. The third kappa shape index (κ3) is 5.91. The first-order chi connectivity index (χ1) is 9.71. The van der Waals surface area contributed by atoms with Crippen LogP contribution in [-0.4, -0.2) is 17.6 Å². The van der Waals surface area contributed by atoms with Gasteiger partial charge in [-0.3, -0.25) is 4.98 Å². The van der Waals surface area contributed by atoms with Crippen molar-refractivity contribution >= 4 is 0 Å². The zero-order chi connectivity index (χ0) is 14.8. The second-order valence-corrected chi connectivity index (χ2v) is 5.44. The molecule has 0 radical (unpaired) electrons. The Bertz CT molecular complexity index is 373. The van der Waals surface area contributed by atoms with Crippen LogP contribution in [0.5, 0.6) is 5.75 Å². The van der Waals surface area contributed by atoms with Crippen molar-refractivity contribution in [1.29, 1.82) is 0 Å².